The highest BCUT2D eigenvalue weighted by atomic mass is 35.5. The van der Waals surface area contributed by atoms with Crippen molar-refractivity contribution in [3.63, 3.8) is 0 Å². The summed E-state index contributed by atoms with van der Waals surface area (Å²) in [5.74, 6) is 0.752. The molecule has 0 bridgehead atoms. The zero-order valence-corrected chi connectivity index (χ0v) is 18.7. The molecule has 0 saturated carbocycles. The van der Waals surface area contributed by atoms with E-state index in [1.807, 2.05) is 13.0 Å². The molecular weight excluding hydrogens is 428 g/mol. The van der Waals surface area contributed by atoms with E-state index in [1.54, 1.807) is 26.4 Å². The molecule has 9 heteroatoms. The topological polar surface area (TPSA) is 84.9 Å². The minimum absolute atomic E-state index is 0.0440. The van der Waals surface area contributed by atoms with Crippen LogP contribution in [0.25, 0.3) is 0 Å². The van der Waals surface area contributed by atoms with Crippen LogP contribution in [0.5, 0.6) is 11.5 Å². The second-order valence-electron chi connectivity index (χ2n) is 7.07. The molecule has 2 aromatic carbocycles. The number of nitrogens with one attached hydrogen (secondary N) is 1. The van der Waals surface area contributed by atoms with Crippen molar-refractivity contribution in [3.8, 4) is 11.5 Å². The van der Waals surface area contributed by atoms with Crippen LogP contribution in [-0.4, -0.2) is 45.9 Å². The van der Waals surface area contributed by atoms with Gasteiger partial charge in [-0.2, -0.15) is 4.31 Å². The molecule has 1 aliphatic rings. The largest absolute Gasteiger partial charge is 0.493 e. The van der Waals surface area contributed by atoms with E-state index in [0.717, 1.165) is 18.4 Å². The smallest absolute Gasteiger partial charge is 0.251 e. The molecule has 7 nitrogen and oxygen atoms in total. The summed E-state index contributed by atoms with van der Waals surface area (Å²) in [6.45, 7) is 2.76. The quantitative estimate of drug-likeness (QED) is 0.693. The summed E-state index contributed by atoms with van der Waals surface area (Å²) < 4.78 is 37.7. The van der Waals surface area contributed by atoms with Crippen LogP contribution in [-0.2, 0) is 10.0 Å². The van der Waals surface area contributed by atoms with Gasteiger partial charge in [-0.05, 0) is 55.7 Å². The fourth-order valence-corrected chi connectivity index (χ4v) is 5.41. The molecule has 0 unspecified atom stereocenters. The minimum atomic E-state index is -3.73. The normalized spacial score (nSPS) is 15.6. The van der Waals surface area contributed by atoms with Crippen LogP contribution < -0.4 is 14.8 Å². The van der Waals surface area contributed by atoms with E-state index in [1.165, 1.54) is 22.5 Å². The van der Waals surface area contributed by atoms with Crippen LogP contribution in [0.3, 0.4) is 0 Å². The molecule has 2 aromatic rings. The predicted molar refractivity (Wildman–Crippen MR) is 115 cm³/mol. The molecule has 0 spiro atoms. The van der Waals surface area contributed by atoms with Crippen molar-refractivity contribution in [1.29, 1.82) is 0 Å². The summed E-state index contributed by atoms with van der Waals surface area (Å²) in [6.07, 6.45) is 1.64. The standard InChI is InChI=1S/C21H25ClN2O5S/c1-14(15-7-9-18(28-2)19(12-15)29-3)23-21(25)16-6-8-17(22)20(13-16)30(26,27)24-10-4-5-11-24/h6-9,12-14H,4-5,10-11H2,1-3H3,(H,23,25)/t14-/m0/s1. The van der Waals surface area contributed by atoms with Crippen molar-refractivity contribution in [2.75, 3.05) is 27.3 Å². The van der Waals surface area contributed by atoms with Gasteiger partial charge in [-0.3, -0.25) is 4.79 Å². The Bertz CT molecular complexity index is 1040. The summed E-state index contributed by atoms with van der Waals surface area (Å²) in [5.41, 5.74) is 1.05. The molecule has 0 radical (unpaired) electrons. The summed E-state index contributed by atoms with van der Waals surface area (Å²) in [6, 6.07) is 9.34. The molecule has 1 N–H and O–H groups in total. The van der Waals surface area contributed by atoms with Crippen LogP contribution in [0, 0.1) is 0 Å². The van der Waals surface area contributed by atoms with E-state index in [9.17, 15) is 13.2 Å². The second kappa shape index (κ2) is 9.24. The molecule has 162 valence electrons. The number of sulfonamides is 1. The third-order valence-electron chi connectivity index (χ3n) is 5.13. The average Bonchev–Trinajstić information content (AvgIpc) is 3.29. The highest BCUT2D eigenvalue weighted by Gasteiger charge is 2.30. The molecule has 0 aliphatic carbocycles. The van der Waals surface area contributed by atoms with Gasteiger partial charge in [-0.25, -0.2) is 8.42 Å². The van der Waals surface area contributed by atoms with E-state index in [2.05, 4.69) is 5.32 Å². The van der Waals surface area contributed by atoms with Gasteiger partial charge < -0.3 is 14.8 Å². The fourth-order valence-electron chi connectivity index (χ4n) is 3.40. The van der Waals surface area contributed by atoms with Gasteiger partial charge in [0.2, 0.25) is 10.0 Å². The maximum absolute atomic E-state index is 12.9. The van der Waals surface area contributed by atoms with Gasteiger partial charge in [0.05, 0.1) is 25.3 Å². The lowest BCUT2D eigenvalue weighted by molar-refractivity contribution is 0.0939. The van der Waals surface area contributed by atoms with Gasteiger partial charge in [0.1, 0.15) is 4.90 Å². The molecule has 1 atom stereocenters. The Morgan fingerprint density at radius 2 is 1.73 bits per heavy atom. The van der Waals surface area contributed by atoms with Gasteiger partial charge in [0.15, 0.2) is 11.5 Å². The summed E-state index contributed by atoms with van der Waals surface area (Å²) in [7, 11) is -0.637. The number of halogens is 1. The molecule has 1 saturated heterocycles. The van der Waals surface area contributed by atoms with Gasteiger partial charge in [-0.15, -0.1) is 0 Å². The van der Waals surface area contributed by atoms with Crippen molar-refractivity contribution < 1.29 is 22.7 Å². The number of rotatable bonds is 7. The number of methoxy groups -OCH3 is 2. The maximum atomic E-state index is 12.9. The van der Waals surface area contributed by atoms with Gasteiger partial charge in [-0.1, -0.05) is 17.7 Å². The monoisotopic (exact) mass is 452 g/mol. The van der Waals surface area contributed by atoms with Crippen LogP contribution >= 0.6 is 11.6 Å². The first-order valence-corrected chi connectivity index (χ1v) is 11.4. The molecule has 3 rings (SSSR count). The van der Waals surface area contributed by atoms with Crippen molar-refractivity contribution >= 4 is 27.5 Å². The first-order chi connectivity index (χ1) is 14.3. The number of benzene rings is 2. The van der Waals surface area contributed by atoms with Crippen LogP contribution in [0.1, 0.15) is 41.7 Å². The second-order valence-corrected chi connectivity index (χ2v) is 9.38. The third-order valence-corrected chi connectivity index (χ3v) is 7.51. The lowest BCUT2D eigenvalue weighted by atomic mass is 10.1. The van der Waals surface area contributed by atoms with Gasteiger partial charge in [0, 0.05) is 18.7 Å². The van der Waals surface area contributed by atoms with E-state index < -0.39 is 15.9 Å². The predicted octanol–water partition coefficient (Wildman–Crippen LogP) is 3.63. The summed E-state index contributed by atoms with van der Waals surface area (Å²) in [4.78, 5) is 12.8. The molecule has 1 aliphatic heterocycles. The highest BCUT2D eigenvalue weighted by Crippen LogP contribution is 2.31. The molecule has 30 heavy (non-hydrogen) atoms. The van der Waals surface area contributed by atoms with E-state index in [0.29, 0.717) is 24.6 Å². The Morgan fingerprint density at radius 3 is 2.37 bits per heavy atom. The van der Waals surface area contributed by atoms with E-state index in [-0.39, 0.29) is 21.5 Å². The van der Waals surface area contributed by atoms with Crippen molar-refractivity contribution in [3.05, 3.63) is 52.5 Å². The summed E-state index contributed by atoms with van der Waals surface area (Å²) >= 11 is 6.16. The SMILES string of the molecule is COc1ccc([C@H](C)NC(=O)c2ccc(Cl)c(S(=O)(=O)N3CCCC3)c2)cc1OC. The van der Waals surface area contributed by atoms with Crippen LogP contribution in [0.4, 0.5) is 0 Å². The Morgan fingerprint density at radius 1 is 1.07 bits per heavy atom. The van der Waals surface area contributed by atoms with E-state index >= 15 is 0 Å². The zero-order chi connectivity index (χ0) is 21.9. The number of nitrogens with zero attached hydrogens (tertiary/aromatic N) is 1. The Hall–Kier alpha value is -2.29. The fraction of sp³-hybridized carbons (Fsp3) is 0.381. The Labute approximate surface area is 182 Å². The molecule has 0 aromatic heterocycles. The van der Waals surface area contributed by atoms with Gasteiger partial charge >= 0.3 is 0 Å². The number of amides is 1. The number of hydrogen-bond acceptors (Lipinski definition) is 5. The molecular formula is C21H25ClN2O5S. The van der Waals surface area contributed by atoms with Crippen molar-refractivity contribution in [2.45, 2.75) is 30.7 Å². The third kappa shape index (κ3) is 4.55. The van der Waals surface area contributed by atoms with Crippen LogP contribution in [0.2, 0.25) is 5.02 Å². The summed E-state index contributed by atoms with van der Waals surface area (Å²) in [5, 5.41) is 2.99. The first-order valence-electron chi connectivity index (χ1n) is 9.60. The highest BCUT2D eigenvalue weighted by molar-refractivity contribution is 7.89. The average molecular weight is 453 g/mol. The first kappa shape index (κ1) is 22.4. The zero-order valence-electron chi connectivity index (χ0n) is 17.1. The lowest BCUT2D eigenvalue weighted by Crippen LogP contribution is -2.29. The minimum Gasteiger partial charge on any atom is -0.493 e. The van der Waals surface area contributed by atoms with E-state index in [4.69, 9.17) is 21.1 Å². The maximum Gasteiger partial charge on any atom is 0.251 e. The van der Waals surface area contributed by atoms with Crippen LogP contribution in [0.15, 0.2) is 41.3 Å². The van der Waals surface area contributed by atoms with Gasteiger partial charge in [0.25, 0.3) is 5.91 Å². The Balaban J connectivity index is 1.82. The number of hydrogen-bond donors (Lipinski definition) is 1. The molecule has 1 fully saturated rings. The Kier molecular flexibility index (Phi) is 6.90. The number of carbonyl (C=O) groups is 1. The number of ether oxygens (including phenoxy) is 2. The molecule has 1 heterocycles. The molecule has 1 amide bonds. The van der Waals surface area contributed by atoms with Crippen molar-refractivity contribution in [2.24, 2.45) is 0 Å². The number of carbonyl (C=O) groups excluding carboxylic acids is 1. The van der Waals surface area contributed by atoms with Crippen molar-refractivity contribution in [1.82, 2.24) is 9.62 Å². The lowest BCUT2D eigenvalue weighted by Gasteiger charge is -2.18.